The molecule has 5 nitrogen and oxygen atoms in total. The SMILES string of the molecule is C=C(C)C1(C)CC(C)C2CCCC21.C=CC1(C)CC2CCC1C2.C=CC1(C)CC2CCCC2C1.C=CC1(C)CCC2CCCC21.CC/C=C/C1(C)CC2CCC1C2.CC1(C2=CCCCC2)CC2(O)CCC1C2.CC1(C2=CCCCC2)CCC2C(O)CCC21.CC1(C=C2CCCC2)CC2CC(COC=O)CC2C1.CC1=C(C2(C)CC3CCCC3C2O)CCC1. The lowest BCUT2D eigenvalue weighted by molar-refractivity contribution is -0.130. The molecule has 22 aliphatic carbocycles. The third-order valence-electron chi connectivity index (χ3n) is 42.3. The third kappa shape index (κ3) is 20.9. The summed E-state index contributed by atoms with van der Waals surface area (Å²) in [5, 5.41) is 31.1. The molecule has 0 aromatic rings. The van der Waals surface area contributed by atoms with Gasteiger partial charge in [0.2, 0.25) is 0 Å². The molecular formula is C118H190O5. The normalized spacial score (nSPS) is 47.6. The predicted molar refractivity (Wildman–Crippen MR) is 520 cm³/mol. The number of aliphatic hydroxyl groups is 3. The van der Waals surface area contributed by atoms with Crippen molar-refractivity contribution in [3.63, 3.8) is 0 Å². The van der Waals surface area contributed by atoms with E-state index in [-0.39, 0.29) is 23.2 Å². The zero-order valence-electron chi connectivity index (χ0n) is 82.2. The van der Waals surface area contributed by atoms with Crippen LogP contribution < -0.4 is 0 Å². The second-order valence-corrected chi connectivity index (χ2v) is 50.5. The van der Waals surface area contributed by atoms with E-state index in [9.17, 15) is 20.1 Å². The lowest BCUT2D eigenvalue weighted by Gasteiger charge is -2.39. The summed E-state index contributed by atoms with van der Waals surface area (Å²) in [6.07, 6.45) is 92.4. The Balaban J connectivity index is 0.000000113. The predicted octanol–water partition coefficient (Wildman–Crippen LogP) is 32.5. The van der Waals surface area contributed by atoms with Crippen LogP contribution in [-0.4, -0.2) is 46.2 Å². The van der Waals surface area contributed by atoms with Crippen LogP contribution in [0.2, 0.25) is 0 Å². The maximum absolute atomic E-state index is 10.7. The van der Waals surface area contributed by atoms with Gasteiger partial charge in [-0.25, -0.2) is 0 Å². The van der Waals surface area contributed by atoms with E-state index in [1.807, 2.05) is 0 Å². The van der Waals surface area contributed by atoms with Gasteiger partial charge in [-0.3, -0.25) is 4.79 Å². The molecule has 6 bridgehead atoms. The van der Waals surface area contributed by atoms with Gasteiger partial charge in [-0.05, 0) is 452 Å². The van der Waals surface area contributed by atoms with Crippen LogP contribution in [0.4, 0.5) is 0 Å². The quantitative estimate of drug-likeness (QED) is 0.126. The number of hydrogen-bond acceptors (Lipinski definition) is 5. The van der Waals surface area contributed by atoms with Gasteiger partial charge < -0.3 is 20.1 Å². The molecule has 0 aromatic carbocycles. The fourth-order valence-electron chi connectivity index (χ4n) is 35.2. The second-order valence-electron chi connectivity index (χ2n) is 50.5. The van der Waals surface area contributed by atoms with Gasteiger partial charge >= 0.3 is 0 Å². The average molecular weight is 1690 g/mol. The number of fused-ring (bicyclic) bond motifs is 12. The first-order chi connectivity index (χ1) is 58.7. The van der Waals surface area contributed by atoms with E-state index in [0.717, 1.165) is 120 Å². The van der Waals surface area contributed by atoms with Crippen LogP contribution in [0.1, 0.15) is 437 Å². The smallest absolute Gasteiger partial charge is 0.293 e. The van der Waals surface area contributed by atoms with Crippen molar-refractivity contribution in [2.75, 3.05) is 6.61 Å². The maximum atomic E-state index is 10.7. The van der Waals surface area contributed by atoms with Gasteiger partial charge in [0, 0.05) is 5.41 Å². The Morgan fingerprint density at radius 1 is 0.480 bits per heavy atom. The minimum absolute atomic E-state index is 0.0102. The van der Waals surface area contributed by atoms with E-state index in [1.165, 1.54) is 327 Å². The average Bonchev–Trinajstić information content (AvgIpc) is 1.57. The van der Waals surface area contributed by atoms with Crippen molar-refractivity contribution >= 4 is 6.47 Å². The topological polar surface area (TPSA) is 87.0 Å². The molecule has 0 aliphatic heterocycles. The molecule has 22 aliphatic rings. The van der Waals surface area contributed by atoms with Crippen LogP contribution in [0.5, 0.6) is 0 Å². The van der Waals surface area contributed by atoms with Crippen molar-refractivity contribution in [1.29, 1.82) is 0 Å². The first kappa shape index (κ1) is 96.1. The van der Waals surface area contributed by atoms with E-state index in [0.29, 0.717) is 74.2 Å². The fraction of sp³-hybridized carbons (Fsp3) is 0.839. The van der Waals surface area contributed by atoms with Crippen molar-refractivity contribution < 1.29 is 24.9 Å². The summed E-state index contributed by atoms with van der Waals surface area (Å²) in [5.74, 6) is 17.2. The summed E-state index contributed by atoms with van der Waals surface area (Å²) >= 11 is 0. The van der Waals surface area contributed by atoms with E-state index in [4.69, 9.17) is 4.74 Å². The van der Waals surface area contributed by atoms with E-state index >= 15 is 0 Å². The largest absolute Gasteiger partial charge is 0.468 e. The van der Waals surface area contributed by atoms with Crippen molar-refractivity contribution in [3.05, 3.63) is 108 Å². The Labute approximate surface area is 757 Å². The van der Waals surface area contributed by atoms with Crippen molar-refractivity contribution in [3.8, 4) is 0 Å². The molecule has 123 heavy (non-hydrogen) atoms. The fourth-order valence-corrected chi connectivity index (χ4v) is 35.2. The molecular weight excluding hydrogens is 1500 g/mol. The molecule has 0 amide bonds. The summed E-state index contributed by atoms with van der Waals surface area (Å²) in [6.45, 7) is 48.2. The molecule has 19 saturated carbocycles. The highest BCUT2D eigenvalue weighted by Gasteiger charge is 2.59. The molecule has 0 spiro atoms. The highest BCUT2D eigenvalue weighted by atomic mass is 16.5. The molecule has 0 heterocycles. The Morgan fingerprint density at radius 2 is 1.07 bits per heavy atom. The molecule has 0 saturated heterocycles. The molecule has 3 N–H and O–H groups in total. The molecule has 0 radical (unpaired) electrons. The molecule has 0 aromatic heterocycles. The van der Waals surface area contributed by atoms with Gasteiger partial charge in [0.15, 0.2) is 0 Å². The Morgan fingerprint density at radius 3 is 1.60 bits per heavy atom. The highest BCUT2D eigenvalue weighted by Crippen LogP contribution is 2.67. The number of rotatable bonds is 13. The molecule has 692 valence electrons. The van der Waals surface area contributed by atoms with Crippen LogP contribution in [0.3, 0.4) is 0 Å². The Kier molecular flexibility index (Phi) is 31.4. The highest BCUT2D eigenvalue weighted by molar-refractivity contribution is 5.37. The lowest BCUT2D eigenvalue weighted by Crippen LogP contribution is -2.32. The summed E-state index contributed by atoms with van der Waals surface area (Å²) in [5.41, 5.74) is 13.4. The summed E-state index contributed by atoms with van der Waals surface area (Å²) in [6, 6.07) is 0. The van der Waals surface area contributed by atoms with E-state index in [1.54, 1.807) is 27.9 Å². The monoisotopic (exact) mass is 1690 g/mol. The van der Waals surface area contributed by atoms with Crippen LogP contribution >= 0.6 is 0 Å². The van der Waals surface area contributed by atoms with Gasteiger partial charge in [0.05, 0.1) is 24.4 Å². The number of ether oxygens (including phenoxy) is 1. The molecule has 19 fully saturated rings. The van der Waals surface area contributed by atoms with E-state index in [2.05, 4.69) is 165 Å². The van der Waals surface area contributed by atoms with Crippen molar-refractivity contribution in [2.45, 2.75) is 455 Å². The molecule has 5 heteroatoms. The van der Waals surface area contributed by atoms with Gasteiger partial charge in [0.25, 0.3) is 6.47 Å². The molecule has 28 atom stereocenters. The second kappa shape index (κ2) is 40.2. The van der Waals surface area contributed by atoms with Gasteiger partial charge in [-0.2, -0.15) is 0 Å². The van der Waals surface area contributed by atoms with E-state index < -0.39 is 0 Å². The summed E-state index contributed by atoms with van der Waals surface area (Å²) in [4.78, 5) is 10.3. The zero-order chi connectivity index (χ0) is 87.6. The lowest BCUT2D eigenvalue weighted by atomic mass is 9.66. The first-order valence-corrected chi connectivity index (χ1v) is 53.9. The van der Waals surface area contributed by atoms with Gasteiger partial charge in [-0.15, -0.1) is 19.7 Å². The first-order valence-electron chi connectivity index (χ1n) is 53.9. The van der Waals surface area contributed by atoms with Gasteiger partial charge in [0.1, 0.15) is 0 Å². The van der Waals surface area contributed by atoms with Crippen molar-refractivity contribution in [2.24, 2.45) is 161 Å². The maximum Gasteiger partial charge on any atom is 0.293 e. The van der Waals surface area contributed by atoms with Crippen LogP contribution in [-0.2, 0) is 9.53 Å². The molecule has 22 rings (SSSR count). The number of carbonyl (C=O) groups is 1. The number of carbonyl (C=O) groups excluding carboxylic acids is 1. The number of hydrogen-bond donors (Lipinski definition) is 3. The third-order valence-corrected chi connectivity index (χ3v) is 42.3. The summed E-state index contributed by atoms with van der Waals surface area (Å²) < 4.78 is 4.95. The van der Waals surface area contributed by atoms with Crippen LogP contribution in [0.15, 0.2) is 108 Å². The number of allylic oxidation sites excluding steroid dienone is 13. The minimum Gasteiger partial charge on any atom is -0.468 e. The van der Waals surface area contributed by atoms with Crippen molar-refractivity contribution in [1.82, 2.24) is 0 Å². The zero-order valence-corrected chi connectivity index (χ0v) is 82.2. The summed E-state index contributed by atoms with van der Waals surface area (Å²) in [7, 11) is 0. The van der Waals surface area contributed by atoms with Gasteiger partial charge in [-0.1, -0.05) is 229 Å². The minimum atomic E-state index is -0.294. The Hall–Kier alpha value is -2.99. The molecule has 28 unspecified atom stereocenters. The standard InChI is InChI=1S/C17H26O2.2C15H24O.C14H22O.C13H22.C12H20.2C11H18.C10H16/c1-17(8-13-4-2-3-5-13)9-15-6-14(11-19-12-18)7-16(15)10-17;1-10-5-3-8-13(10)15(2)9-11-6-4-7-12(11)14(15)16;1-15(11-5-3-2-4-6-11)10-9-12-13(15)7-8-14(12)16;1-13(11-5-3-2-4-6-11)10-14(15)8-7-12(13)9-14;1-9(2)13(4)8-10(3)11-6-5-7-12(11)13;1-3-4-7-12(2)9-10-5-6-11(12)8-10;1-3-11(2)7-9-5-4-6-10(9)8-11;1-3-11(2)8-7-9-5-4-6-10(9)11;1-3-10(2)7-8-4-5-9(10)6-8/h8,12,14-16H,2-7,9-11H2,1H3;11-12,14,16H,3-9H2,1-2H3;5,12-14,16H,2-4,6-10H2,1H3;5,12,15H,2-4,6-10H2,1H3;10-12H,1,5-8H2,2-4H3;4,7,10-11H,3,5-6,8-9H2,1-2H3;2*3,9-10H,1,4-8H2,2H3;3,8-9H,1,4-7H2,2H3/b;;;;;7-4+;;;. The van der Waals surface area contributed by atoms with Crippen LogP contribution in [0.25, 0.3) is 0 Å². The number of aliphatic hydroxyl groups excluding tert-OH is 2. The van der Waals surface area contributed by atoms with Crippen LogP contribution in [0, 0.1) is 161 Å². The Bertz CT molecular complexity index is 3690.